The van der Waals surface area contributed by atoms with Crippen LogP contribution in [0.2, 0.25) is 0 Å². The van der Waals surface area contributed by atoms with Crippen LogP contribution >= 0.6 is 0 Å². The van der Waals surface area contributed by atoms with Crippen LogP contribution in [0, 0.1) is 0 Å². The fraction of sp³-hybridized carbons (Fsp3) is 0.318. The molecule has 0 saturated carbocycles. The first kappa shape index (κ1) is 21.2. The molecule has 1 N–H and O–H groups in total. The lowest BCUT2D eigenvalue weighted by molar-refractivity contribution is 0.0986. The summed E-state index contributed by atoms with van der Waals surface area (Å²) in [5.41, 5.74) is 1.75. The average Bonchev–Trinajstić information content (AvgIpc) is 2.89. The third-order valence-corrected chi connectivity index (χ3v) is 6.71. The maximum atomic E-state index is 13.5. The van der Waals surface area contributed by atoms with Crippen molar-refractivity contribution in [3.05, 3.63) is 54.1 Å². The molecule has 8 nitrogen and oxygen atoms in total. The summed E-state index contributed by atoms with van der Waals surface area (Å²) in [6.45, 7) is 4.70. The molecule has 1 aliphatic heterocycles. The quantitative estimate of drug-likeness (QED) is 0.672. The SMILES string of the molecule is CC(C)NS(=O)(=O)c1cccc(C(=O)N2CCCN(C)c3nc4ccccc4nc32)c1. The molecule has 1 aromatic heterocycles. The predicted molar refractivity (Wildman–Crippen MR) is 121 cm³/mol. The van der Waals surface area contributed by atoms with Crippen LogP contribution in [0.25, 0.3) is 11.0 Å². The monoisotopic (exact) mass is 439 g/mol. The molecule has 3 aromatic rings. The topological polar surface area (TPSA) is 95.5 Å². The van der Waals surface area contributed by atoms with Gasteiger partial charge in [0.2, 0.25) is 10.0 Å². The van der Waals surface area contributed by atoms with Gasteiger partial charge in [0, 0.05) is 31.7 Å². The van der Waals surface area contributed by atoms with E-state index in [9.17, 15) is 13.2 Å². The molecule has 0 unspecified atom stereocenters. The van der Waals surface area contributed by atoms with Gasteiger partial charge in [0.25, 0.3) is 5.91 Å². The molecule has 0 atom stereocenters. The maximum Gasteiger partial charge on any atom is 0.259 e. The molecule has 0 spiro atoms. The van der Waals surface area contributed by atoms with E-state index in [1.165, 1.54) is 12.1 Å². The average molecular weight is 440 g/mol. The first-order valence-electron chi connectivity index (χ1n) is 10.2. The number of nitrogens with zero attached hydrogens (tertiary/aromatic N) is 4. The first-order chi connectivity index (χ1) is 14.8. The van der Waals surface area contributed by atoms with Gasteiger partial charge in [0.05, 0.1) is 15.9 Å². The predicted octanol–water partition coefficient (Wildman–Crippen LogP) is 2.80. The molecule has 0 bridgehead atoms. The number of carbonyl (C=O) groups is 1. The zero-order valence-electron chi connectivity index (χ0n) is 17.7. The number of amides is 1. The third-order valence-electron chi connectivity index (χ3n) is 5.05. The van der Waals surface area contributed by atoms with Gasteiger partial charge in [-0.25, -0.2) is 23.1 Å². The molecule has 2 heterocycles. The van der Waals surface area contributed by atoms with Gasteiger partial charge in [-0.05, 0) is 50.6 Å². The number of benzene rings is 2. The minimum atomic E-state index is -3.71. The Balaban J connectivity index is 1.77. The molecule has 1 amide bonds. The van der Waals surface area contributed by atoms with E-state index in [0.717, 1.165) is 18.5 Å². The van der Waals surface area contributed by atoms with Crippen LogP contribution in [0.1, 0.15) is 30.6 Å². The van der Waals surface area contributed by atoms with Gasteiger partial charge in [-0.3, -0.25) is 9.69 Å². The zero-order chi connectivity index (χ0) is 22.2. The van der Waals surface area contributed by atoms with E-state index in [1.807, 2.05) is 36.2 Å². The highest BCUT2D eigenvalue weighted by Gasteiger charge is 2.28. The zero-order valence-corrected chi connectivity index (χ0v) is 18.6. The number of sulfonamides is 1. The number of para-hydroxylation sites is 2. The summed E-state index contributed by atoms with van der Waals surface area (Å²) in [6.07, 6.45) is 0.740. The van der Waals surface area contributed by atoms with Gasteiger partial charge < -0.3 is 4.90 Å². The second-order valence-corrected chi connectivity index (χ2v) is 9.61. The van der Waals surface area contributed by atoms with Gasteiger partial charge in [0.1, 0.15) is 0 Å². The molecule has 0 fully saturated rings. The Kier molecular flexibility index (Phi) is 5.63. The van der Waals surface area contributed by atoms with E-state index in [1.54, 1.807) is 30.9 Å². The number of hydrogen-bond donors (Lipinski definition) is 1. The number of hydrogen-bond acceptors (Lipinski definition) is 6. The molecule has 0 radical (unpaired) electrons. The van der Waals surface area contributed by atoms with E-state index in [-0.39, 0.29) is 22.4 Å². The minimum absolute atomic E-state index is 0.0591. The van der Waals surface area contributed by atoms with Gasteiger partial charge in [-0.1, -0.05) is 18.2 Å². The Bertz CT molecular complexity index is 1240. The molecule has 1 aliphatic rings. The summed E-state index contributed by atoms with van der Waals surface area (Å²) in [5.74, 6) is 0.815. The lowest BCUT2D eigenvalue weighted by Gasteiger charge is -2.23. The highest BCUT2D eigenvalue weighted by atomic mass is 32.2. The molecule has 4 rings (SSSR count). The normalized spacial score (nSPS) is 14.6. The molecule has 31 heavy (non-hydrogen) atoms. The van der Waals surface area contributed by atoms with Crippen LogP contribution in [-0.4, -0.2) is 50.5 Å². The number of anilines is 2. The van der Waals surface area contributed by atoms with E-state index >= 15 is 0 Å². The summed E-state index contributed by atoms with van der Waals surface area (Å²) in [6, 6.07) is 13.4. The van der Waals surface area contributed by atoms with Crippen LogP contribution in [0.4, 0.5) is 11.6 Å². The number of rotatable bonds is 4. The summed E-state index contributed by atoms with van der Waals surface area (Å²) < 4.78 is 27.7. The van der Waals surface area contributed by atoms with Crippen molar-refractivity contribution in [2.24, 2.45) is 0 Å². The lowest BCUT2D eigenvalue weighted by atomic mass is 10.2. The molecule has 2 aromatic carbocycles. The van der Waals surface area contributed by atoms with E-state index in [0.29, 0.717) is 23.7 Å². The summed E-state index contributed by atoms with van der Waals surface area (Å²) in [7, 11) is -1.78. The molecule has 9 heteroatoms. The Labute approximate surface area is 182 Å². The molecule has 0 aliphatic carbocycles. The molecule has 0 saturated heterocycles. The standard InChI is InChI=1S/C22H25N5O3S/c1-15(2)25-31(29,30)17-9-6-8-16(14-17)22(28)27-13-7-12-26(3)20-21(27)24-19-11-5-4-10-18(19)23-20/h4-6,8-11,14-15,25H,7,12-13H2,1-3H3. The van der Waals surface area contributed by atoms with Crippen LogP contribution in [-0.2, 0) is 10.0 Å². The highest BCUT2D eigenvalue weighted by Crippen LogP contribution is 2.31. The minimum Gasteiger partial charge on any atom is -0.357 e. The fourth-order valence-corrected chi connectivity index (χ4v) is 4.92. The largest absolute Gasteiger partial charge is 0.357 e. The summed E-state index contributed by atoms with van der Waals surface area (Å²) >= 11 is 0. The Morgan fingerprint density at radius 2 is 1.68 bits per heavy atom. The van der Waals surface area contributed by atoms with E-state index in [4.69, 9.17) is 9.97 Å². The number of carbonyl (C=O) groups excluding carboxylic acids is 1. The van der Waals surface area contributed by atoms with Crippen LogP contribution < -0.4 is 14.5 Å². The summed E-state index contributed by atoms with van der Waals surface area (Å²) in [5, 5.41) is 0. The van der Waals surface area contributed by atoms with Gasteiger partial charge in [0.15, 0.2) is 11.6 Å². The first-order valence-corrected chi connectivity index (χ1v) is 11.7. The van der Waals surface area contributed by atoms with Crippen LogP contribution in [0.5, 0.6) is 0 Å². The smallest absolute Gasteiger partial charge is 0.259 e. The van der Waals surface area contributed by atoms with Crippen LogP contribution in [0.15, 0.2) is 53.4 Å². The molecular weight excluding hydrogens is 414 g/mol. The van der Waals surface area contributed by atoms with Crippen molar-refractivity contribution in [2.75, 3.05) is 29.9 Å². The second kappa shape index (κ2) is 8.24. The third kappa shape index (κ3) is 4.24. The van der Waals surface area contributed by atoms with Crippen molar-refractivity contribution in [1.29, 1.82) is 0 Å². The number of aromatic nitrogens is 2. The van der Waals surface area contributed by atoms with Crippen molar-refractivity contribution in [3.8, 4) is 0 Å². The highest BCUT2D eigenvalue weighted by molar-refractivity contribution is 7.89. The van der Waals surface area contributed by atoms with Gasteiger partial charge in [-0.2, -0.15) is 0 Å². The van der Waals surface area contributed by atoms with Crippen molar-refractivity contribution in [1.82, 2.24) is 14.7 Å². The van der Waals surface area contributed by atoms with Crippen molar-refractivity contribution >= 4 is 38.6 Å². The van der Waals surface area contributed by atoms with Crippen molar-refractivity contribution in [3.63, 3.8) is 0 Å². The van der Waals surface area contributed by atoms with E-state index in [2.05, 4.69) is 4.72 Å². The Morgan fingerprint density at radius 1 is 1.00 bits per heavy atom. The Hall–Kier alpha value is -3.04. The van der Waals surface area contributed by atoms with Crippen molar-refractivity contribution in [2.45, 2.75) is 31.2 Å². The second-order valence-electron chi connectivity index (χ2n) is 7.90. The molecule has 162 valence electrons. The van der Waals surface area contributed by atoms with Crippen LogP contribution in [0.3, 0.4) is 0 Å². The number of nitrogens with one attached hydrogen (secondary N) is 1. The fourth-order valence-electron chi connectivity index (χ4n) is 3.62. The number of fused-ring (bicyclic) bond motifs is 2. The van der Waals surface area contributed by atoms with Gasteiger partial charge in [-0.15, -0.1) is 0 Å². The van der Waals surface area contributed by atoms with Gasteiger partial charge >= 0.3 is 0 Å². The Morgan fingerprint density at radius 3 is 2.35 bits per heavy atom. The van der Waals surface area contributed by atoms with Crippen molar-refractivity contribution < 1.29 is 13.2 Å². The molecular formula is C22H25N5O3S. The summed E-state index contributed by atoms with van der Waals surface area (Å²) in [4.78, 5) is 26.6. The maximum absolute atomic E-state index is 13.5. The van der Waals surface area contributed by atoms with E-state index < -0.39 is 10.0 Å². The lowest BCUT2D eigenvalue weighted by Crippen LogP contribution is -2.33.